The Bertz CT molecular complexity index is 1380. The zero-order valence-corrected chi connectivity index (χ0v) is 18.5. The Balaban J connectivity index is 1.57. The van der Waals surface area contributed by atoms with Gasteiger partial charge in [-0.3, -0.25) is 14.6 Å². The monoisotopic (exact) mass is 447 g/mol. The number of ether oxygens (including phenoxy) is 1. The summed E-state index contributed by atoms with van der Waals surface area (Å²) in [6.45, 7) is 1.82. The molecule has 3 heterocycles. The minimum Gasteiger partial charge on any atom is -0.494 e. The van der Waals surface area contributed by atoms with Crippen LogP contribution in [0.2, 0.25) is 0 Å². The van der Waals surface area contributed by atoms with Crippen LogP contribution >= 0.6 is 0 Å². The van der Waals surface area contributed by atoms with Gasteiger partial charge in [0.2, 0.25) is 11.9 Å². The number of H-pyrrole nitrogens is 1. The zero-order chi connectivity index (χ0) is 22.9. The number of carbonyl (C=O) groups excluding carboxylic acids is 1. The van der Waals surface area contributed by atoms with E-state index in [4.69, 9.17) is 4.74 Å². The second-order valence-corrected chi connectivity index (χ2v) is 8.26. The number of aromatic amines is 1. The van der Waals surface area contributed by atoms with E-state index in [1.54, 1.807) is 17.9 Å². The van der Waals surface area contributed by atoms with Crippen molar-refractivity contribution in [2.45, 2.75) is 39.0 Å². The molecule has 2 N–H and O–H groups in total. The smallest absolute Gasteiger partial charge is 0.263 e. The first kappa shape index (κ1) is 20.9. The van der Waals surface area contributed by atoms with Crippen molar-refractivity contribution in [1.29, 1.82) is 0 Å². The molecule has 1 aliphatic carbocycles. The van der Waals surface area contributed by atoms with Crippen molar-refractivity contribution < 1.29 is 9.53 Å². The molecule has 0 unspecified atom stereocenters. The quantitative estimate of drug-likeness (QED) is 0.485. The number of nitrogens with zero attached hydrogens (tertiary/aromatic N) is 5. The highest BCUT2D eigenvalue weighted by Crippen LogP contribution is 2.27. The minimum absolute atomic E-state index is 0.0103. The topological polar surface area (TPSA) is 120 Å². The maximum atomic E-state index is 12.9. The van der Waals surface area contributed by atoms with Gasteiger partial charge in [-0.2, -0.15) is 19.9 Å². The summed E-state index contributed by atoms with van der Waals surface area (Å²) >= 11 is 0. The number of hydrogen-bond acceptors (Lipinski definition) is 6. The molecule has 1 aliphatic rings. The van der Waals surface area contributed by atoms with Crippen LogP contribution in [0.5, 0.6) is 5.75 Å². The number of benzene rings is 1. The molecule has 0 spiro atoms. The molecule has 0 bridgehead atoms. The number of para-hydroxylation sites is 2. The van der Waals surface area contributed by atoms with Crippen LogP contribution in [0.3, 0.4) is 0 Å². The highest BCUT2D eigenvalue weighted by molar-refractivity contribution is 5.92. The van der Waals surface area contributed by atoms with Gasteiger partial charge >= 0.3 is 0 Å². The summed E-state index contributed by atoms with van der Waals surface area (Å²) in [6.07, 6.45) is 6.54. The van der Waals surface area contributed by atoms with E-state index in [2.05, 4.69) is 25.5 Å². The lowest BCUT2D eigenvalue weighted by molar-refractivity contribution is -0.120. The molecule has 0 atom stereocenters. The van der Waals surface area contributed by atoms with Crippen LogP contribution < -0.4 is 15.6 Å². The summed E-state index contributed by atoms with van der Waals surface area (Å²) in [5.74, 6) is 1.22. The number of fused-ring (bicyclic) bond motifs is 1. The molecule has 1 fully saturated rings. The van der Waals surface area contributed by atoms with Crippen LogP contribution in [0.4, 0.5) is 5.82 Å². The Labute approximate surface area is 189 Å². The van der Waals surface area contributed by atoms with Gasteiger partial charge in [-0.05, 0) is 31.9 Å². The standard InChI is InChI=1S/C23H25N7O3/c1-14-12-19(25-21(31)15-8-4-3-5-9-15)30(28-14)23-26-20-16(22(32)27-23)13-24-29(20)17-10-6-7-11-18(17)33-2/h6-7,10-13,15H,3-5,8-9H2,1-2H3,(H,25,31)(H,26,27,32). The number of aryl methyl sites for hydroxylation is 1. The molecule has 1 amide bonds. The largest absolute Gasteiger partial charge is 0.494 e. The number of aromatic nitrogens is 6. The number of hydrogen-bond donors (Lipinski definition) is 2. The van der Waals surface area contributed by atoms with Crippen LogP contribution in [-0.2, 0) is 4.79 Å². The zero-order valence-electron chi connectivity index (χ0n) is 18.5. The first-order valence-electron chi connectivity index (χ1n) is 11.0. The van der Waals surface area contributed by atoms with E-state index in [0.29, 0.717) is 34.0 Å². The third kappa shape index (κ3) is 3.88. The van der Waals surface area contributed by atoms with Crippen LogP contribution in [-0.4, -0.2) is 42.5 Å². The molecule has 33 heavy (non-hydrogen) atoms. The number of carbonyl (C=O) groups is 1. The average Bonchev–Trinajstić information content (AvgIpc) is 3.43. The summed E-state index contributed by atoms with van der Waals surface area (Å²) in [5, 5.41) is 12.1. The van der Waals surface area contributed by atoms with Gasteiger partial charge in [-0.25, -0.2) is 4.68 Å². The van der Waals surface area contributed by atoms with Gasteiger partial charge in [0.25, 0.3) is 5.56 Å². The molecule has 1 aromatic carbocycles. The van der Waals surface area contributed by atoms with E-state index in [0.717, 1.165) is 25.7 Å². The molecule has 5 rings (SSSR count). The van der Waals surface area contributed by atoms with Crippen molar-refractivity contribution in [2.24, 2.45) is 5.92 Å². The van der Waals surface area contributed by atoms with Crippen LogP contribution in [0.15, 0.2) is 41.3 Å². The lowest BCUT2D eigenvalue weighted by Gasteiger charge is -2.20. The van der Waals surface area contributed by atoms with Crippen LogP contribution in [0.25, 0.3) is 22.7 Å². The first-order chi connectivity index (χ1) is 16.0. The molecule has 0 aliphatic heterocycles. The van der Waals surface area contributed by atoms with Gasteiger partial charge in [0, 0.05) is 12.0 Å². The van der Waals surface area contributed by atoms with Crippen molar-refractivity contribution in [3.63, 3.8) is 0 Å². The van der Waals surface area contributed by atoms with Gasteiger partial charge in [0.05, 0.1) is 19.0 Å². The fourth-order valence-corrected chi connectivity index (χ4v) is 4.33. The number of methoxy groups -OCH3 is 1. The summed E-state index contributed by atoms with van der Waals surface area (Å²) < 4.78 is 8.46. The first-order valence-corrected chi connectivity index (χ1v) is 11.0. The van der Waals surface area contributed by atoms with Gasteiger partial charge in [-0.15, -0.1) is 0 Å². The molecule has 0 radical (unpaired) electrons. The van der Waals surface area contributed by atoms with Crippen molar-refractivity contribution in [1.82, 2.24) is 29.5 Å². The SMILES string of the molecule is COc1ccccc1-n1ncc2c(=O)[nH]c(-n3nc(C)cc3NC(=O)C3CCCCC3)nc21. The third-order valence-electron chi connectivity index (χ3n) is 6.00. The van der Waals surface area contributed by atoms with Gasteiger partial charge in [0.1, 0.15) is 22.6 Å². The highest BCUT2D eigenvalue weighted by Gasteiger charge is 2.23. The van der Waals surface area contributed by atoms with Crippen LogP contribution in [0, 0.1) is 12.8 Å². The van der Waals surface area contributed by atoms with E-state index < -0.39 is 0 Å². The fraction of sp³-hybridized carbons (Fsp3) is 0.348. The van der Waals surface area contributed by atoms with E-state index in [9.17, 15) is 9.59 Å². The summed E-state index contributed by atoms with van der Waals surface area (Å²) in [5.41, 5.74) is 1.35. The predicted octanol–water partition coefficient (Wildman–Crippen LogP) is 3.13. The van der Waals surface area contributed by atoms with E-state index in [-0.39, 0.29) is 23.3 Å². The van der Waals surface area contributed by atoms with Crippen molar-refractivity contribution in [2.75, 3.05) is 12.4 Å². The molecule has 1 saturated carbocycles. The maximum absolute atomic E-state index is 12.9. The minimum atomic E-state index is -0.353. The Hall–Kier alpha value is -3.95. The number of anilines is 1. The molecule has 10 heteroatoms. The lowest BCUT2D eigenvalue weighted by Crippen LogP contribution is -2.26. The molecule has 0 saturated heterocycles. The molecule has 170 valence electrons. The Morgan fingerprint density at radius 2 is 1.97 bits per heavy atom. The summed E-state index contributed by atoms with van der Waals surface area (Å²) in [7, 11) is 1.57. The molecule has 3 aromatic heterocycles. The van der Waals surface area contributed by atoms with E-state index in [1.807, 2.05) is 31.2 Å². The summed E-state index contributed by atoms with van der Waals surface area (Å²) in [6, 6.07) is 9.12. The van der Waals surface area contributed by atoms with Crippen molar-refractivity contribution >= 4 is 22.8 Å². The molecular weight excluding hydrogens is 422 g/mol. The number of amides is 1. The third-order valence-corrected chi connectivity index (χ3v) is 6.00. The second kappa shape index (κ2) is 8.53. The van der Waals surface area contributed by atoms with Gasteiger partial charge < -0.3 is 10.1 Å². The van der Waals surface area contributed by atoms with Crippen LogP contribution in [0.1, 0.15) is 37.8 Å². The fourth-order valence-electron chi connectivity index (χ4n) is 4.33. The molecular formula is C23H25N7O3. The Morgan fingerprint density at radius 3 is 2.76 bits per heavy atom. The molecule has 4 aromatic rings. The van der Waals surface area contributed by atoms with Crippen molar-refractivity contribution in [3.05, 3.63) is 52.6 Å². The average molecular weight is 447 g/mol. The molecule has 10 nitrogen and oxygen atoms in total. The predicted molar refractivity (Wildman–Crippen MR) is 123 cm³/mol. The summed E-state index contributed by atoms with van der Waals surface area (Å²) in [4.78, 5) is 33.1. The normalized spacial score (nSPS) is 14.5. The number of rotatable bonds is 5. The Kier molecular flexibility index (Phi) is 5.41. The van der Waals surface area contributed by atoms with E-state index in [1.165, 1.54) is 17.3 Å². The maximum Gasteiger partial charge on any atom is 0.263 e. The highest BCUT2D eigenvalue weighted by atomic mass is 16.5. The second-order valence-electron chi connectivity index (χ2n) is 8.26. The van der Waals surface area contributed by atoms with Gasteiger partial charge in [0.15, 0.2) is 5.65 Å². The van der Waals surface area contributed by atoms with E-state index >= 15 is 0 Å². The lowest BCUT2D eigenvalue weighted by atomic mass is 9.89. The van der Waals surface area contributed by atoms with Gasteiger partial charge in [-0.1, -0.05) is 31.4 Å². The Morgan fingerprint density at radius 1 is 1.18 bits per heavy atom. The van der Waals surface area contributed by atoms with Crippen molar-refractivity contribution in [3.8, 4) is 17.4 Å². The number of nitrogens with one attached hydrogen (secondary N) is 2.